The fourth-order valence-corrected chi connectivity index (χ4v) is 4.29. The third-order valence-electron chi connectivity index (χ3n) is 5.34. The van der Waals surface area contributed by atoms with E-state index in [2.05, 4.69) is 9.50 Å². The van der Waals surface area contributed by atoms with Gasteiger partial charge >= 0.3 is 23.6 Å². The Labute approximate surface area is 193 Å². The monoisotopic (exact) mass is 494 g/mol. The summed E-state index contributed by atoms with van der Waals surface area (Å²) in [5, 5.41) is 2.32. The van der Waals surface area contributed by atoms with E-state index < -0.39 is 41.3 Å². The normalized spacial score (nSPS) is 13.2. The molecule has 0 saturated heterocycles. The van der Waals surface area contributed by atoms with E-state index in [-0.39, 0.29) is 18.1 Å². The van der Waals surface area contributed by atoms with E-state index in [4.69, 9.17) is 4.74 Å². The lowest BCUT2D eigenvalue weighted by Gasteiger charge is -2.18. The summed E-state index contributed by atoms with van der Waals surface area (Å²) in [7, 11) is -5.53. The molecule has 1 N–H and O–H groups in total. The summed E-state index contributed by atoms with van der Waals surface area (Å²) in [5.74, 6) is -1.06. The van der Waals surface area contributed by atoms with Gasteiger partial charge in [0.2, 0.25) is 0 Å². The number of halogens is 4. The van der Waals surface area contributed by atoms with Crippen LogP contribution in [-0.2, 0) is 21.8 Å². The van der Waals surface area contributed by atoms with Crippen molar-refractivity contribution in [2.24, 2.45) is 0 Å². The lowest BCUT2D eigenvalue weighted by molar-refractivity contribution is 0.142. The first-order chi connectivity index (χ1) is 16.0. The topological polar surface area (TPSA) is 81.7 Å². The molecule has 34 heavy (non-hydrogen) atoms. The number of amides is 1. The van der Waals surface area contributed by atoms with E-state index in [0.717, 1.165) is 28.3 Å². The van der Waals surface area contributed by atoms with Crippen LogP contribution in [0.15, 0.2) is 66.7 Å². The molecular formula is C22H17BF4NO5S-. The van der Waals surface area contributed by atoms with Crippen molar-refractivity contribution in [2.75, 3.05) is 6.61 Å². The van der Waals surface area contributed by atoms with Crippen molar-refractivity contribution in [3.63, 3.8) is 0 Å². The Balaban J connectivity index is 1.44. The first-order valence-electron chi connectivity index (χ1n) is 10.1. The van der Waals surface area contributed by atoms with Crippen LogP contribution in [0.3, 0.4) is 0 Å². The van der Waals surface area contributed by atoms with Crippen LogP contribution < -0.4 is 15.0 Å². The van der Waals surface area contributed by atoms with Crippen molar-refractivity contribution < 1.29 is 39.0 Å². The zero-order valence-corrected chi connectivity index (χ0v) is 18.2. The van der Waals surface area contributed by atoms with E-state index in [1.807, 2.05) is 48.5 Å². The minimum absolute atomic E-state index is 0.0000177. The second-order valence-electron chi connectivity index (χ2n) is 7.64. The lowest BCUT2D eigenvalue weighted by atomic mass is 9.79. The summed E-state index contributed by atoms with van der Waals surface area (Å²) < 4.78 is 82.9. The Morgan fingerprint density at radius 3 is 2.09 bits per heavy atom. The maximum Gasteiger partial charge on any atom is 0.509 e. The molecule has 3 aromatic carbocycles. The molecule has 0 radical (unpaired) electrons. The van der Waals surface area contributed by atoms with Crippen molar-refractivity contribution in [1.29, 1.82) is 0 Å². The van der Waals surface area contributed by atoms with Crippen molar-refractivity contribution in [1.82, 2.24) is 5.32 Å². The van der Waals surface area contributed by atoms with Gasteiger partial charge in [-0.15, -0.1) is 5.46 Å². The Bertz CT molecular complexity index is 1300. The molecule has 1 aliphatic rings. The van der Waals surface area contributed by atoms with Gasteiger partial charge in [0.15, 0.2) is 0 Å². The van der Waals surface area contributed by atoms with Crippen LogP contribution >= 0.6 is 0 Å². The molecule has 0 fully saturated rings. The van der Waals surface area contributed by atoms with Gasteiger partial charge in [-0.3, -0.25) is 0 Å². The molecule has 178 valence electrons. The number of carbonyl (C=O) groups is 1. The molecule has 0 bridgehead atoms. The minimum Gasteiger partial charge on any atom is -0.449 e. The largest absolute Gasteiger partial charge is 0.509 e. The predicted octanol–water partition coefficient (Wildman–Crippen LogP) is 4.37. The molecule has 3 aromatic rings. The molecule has 6 nitrogen and oxygen atoms in total. The summed E-state index contributed by atoms with van der Waals surface area (Å²) in [6.07, 6.45) is -0.884. The van der Waals surface area contributed by atoms with Crippen LogP contribution in [0.25, 0.3) is 11.1 Å². The Hall–Kier alpha value is -3.54. The van der Waals surface area contributed by atoms with Gasteiger partial charge in [-0.2, -0.15) is 8.42 Å². The molecule has 1 amide bonds. The highest BCUT2D eigenvalue weighted by Crippen LogP contribution is 2.44. The summed E-state index contributed by atoms with van der Waals surface area (Å²) in [4.78, 5) is 12.3. The predicted molar refractivity (Wildman–Crippen MR) is 118 cm³/mol. The summed E-state index contributed by atoms with van der Waals surface area (Å²) in [5.41, 5.74) is 2.70. The van der Waals surface area contributed by atoms with E-state index >= 15 is 0 Å². The van der Waals surface area contributed by atoms with Crippen LogP contribution in [0, 0.1) is 0 Å². The number of carbonyl (C=O) groups excluding carboxylic acids is 1. The molecule has 1 aliphatic carbocycles. The number of benzene rings is 3. The second-order valence-corrected chi connectivity index (χ2v) is 8.59. The first kappa shape index (κ1) is 23.6. The van der Waals surface area contributed by atoms with Crippen LogP contribution in [0.1, 0.15) is 22.6 Å². The van der Waals surface area contributed by atoms with Gasteiger partial charge in [0.25, 0.3) is 0 Å². The highest BCUT2D eigenvalue weighted by molar-refractivity contribution is 7.81. The van der Waals surface area contributed by atoms with Gasteiger partial charge < -0.3 is 27.2 Å². The number of alkyl carbamates (subject to hydrolysis) is 1. The van der Waals surface area contributed by atoms with Gasteiger partial charge in [0.05, 0.1) is 0 Å². The van der Waals surface area contributed by atoms with Crippen LogP contribution in [0.4, 0.5) is 21.6 Å². The van der Waals surface area contributed by atoms with Gasteiger partial charge in [-0.1, -0.05) is 58.5 Å². The lowest BCUT2D eigenvalue weighted by Crippen LogP contribution is -2.35. The van der Waals surface area contributed by atoms with Crippen LogP contribution in [0.2, 0.25) is 0 Å². The molecule has 0 spiro atoms. The molecule has 0 atom stereocenters. The average molecular weight is 494 g/mol. The number of rotatable bonds is 7. The number of nitrogens with one attached hydrogen (secondary N) is 1. The summed E-state index contributed by atoms with van der Waals surface area (Å²) >= 11 is 0. The van der Waals surface area contributed by atoms with Gasteiger partial charge in [0.1, 0.15) is 12.4 Å². The molecule has 0 aliphatic heterocycles. The van der Waals surface area contributed by atoms with Crippen molar-refractivity contribution >= 4 is 29.0 Å². The highest BCUT2D eigenvalue weighted by Gasteiger charge is 2.29. The van der Waals surface area contributed by atoms with Crippen LogP contribution in [-0.4, -0.2) is 28.1 Å². The molecule has 0 aromatic heterocycles. The third-order valence-corrected chi connectivity index (χ3v) is 5.73. The smallest absolute Gasteiger partial charge is 0.449 e. The van der Waals surface area contributed by atoms with Crippen LogP contribution in [0.5, 0.6) is 5.75 Å². The minimum atomic E-state index is -5.53. The van der Waals surface area contributed by atoms with Crippen molar-refractivity contribution in [3.8, 4) is 16.9 Å². The van der Waals surface area contributed by atoms with Crippen molar-refractivity contribution in [3.05, 3.63) is 83.4 Å². The first-order valence-corrected chi connectivity index (χ1v) is 11.4. The zero-order valence-electron chi connectivity index (χ0n) is 17.4. The average Bonchev–Trinajstić information content (AvgIpc) is 3.08. The maximum absolute atomic E-state index is 13.2. The Kier molecular flexibility index (Phi) is 6.26. The molecule has 0 saturated carbocycles. The van der Waals surface area contributed by atoms with Gasteiger partial charge in [-0.05, 0) is 39.9 Å². The van der Waals surface area contributed by atoms with E-state index in [1.54, 1.807) is 0 Å². The fourth-order valence-electron chi connectivity index (χ4n) is 3.96. The summed E-state index contributed by atoms with van der Waals surface area (Å²) in [6, 6.07) is 17.4. The SMILES string of the molecule is O=C(NCc1cc(OS(=O)(=O)F)cc([B-](F)(F)F)c1)OCC1c2ccccc2-c2ccccc21. The van der Waals surface area contributed by atoms with Gasteiger partial charge in [-0.25, -0.2) is 4.79 Å². The number of hydrogen-bond donors (Lipinski definition) is 1. The molecular weight excluding hydrogens is 477 g/mol. The molecule has 0 heterocycles. The number of hydrogen-bond acceptors (Lipinski definition) is 5. The van der Waals surface area contributed by atoms with Gasteiger partial charge in [0, 0.05) is 12.5 Å². The summed E-state index contributed by atoms with van der Waals surface area (Å²) in [6.45, 7) is -5.96. The highest BCUT2D eigenvalue weighted by atomic mass is 32.3. The van der Waals surface area contributed by atoms with E-state index in [0.29, 0.717) is 12.1 Å². The molecule has 4 rings (SSSR count). The molecule has 12 heteroatoms. The fraction of sp³-hybridized carbons (Fsp3) is 0.136. The van der Waals surface area contributed by atoms with Crippen molar-refractivity contribution in [2.45, 2.75) is 12.5 Å². The Morgan fingerprint density at radius 2 is 1.53 bits per heavy atom. The maximum atomic E-state index is 13.2. The third kappa shape index (κ3) is 5.33. The quantitative estimate of drug-likeness (QED) is 0.300. The number of ether oxygens (including phenoxy) is 1. The second kappa shape index (κ2) is 9.01. The molecule has 0 unspecified atom stereocenters. The number of fused-ring (bicyclic) bond motifs is 3. The van der Waals surface area contributed by atoms with E-state index in [9.17, 15) is 30.0 Å². The van der Waals surface area contributed by atoms with E-state index in [1.165, 1.54) is 0 Å². The standard InChI is InChI=1S/C22H17BF4NO5S/c24-23(25,26)15-9-14(10-16(11-15)33-34(27,30)31)12-28-22(29)32-13-21-19-7-3-1-5-17(19)18-6-2-4-8-20(18)21/h1-11,21H,12-13H2,(H,28,29)/q-1. The zero-order chi connectivity index (χ0) is 24.5. The Morgan fingerprint density at radius 1 is 0.941 bits per heavy atom.